The van der Waals surface area contributed by atoms with Crippen molar-refractivity contribution < 1.29 is 9.18 Å². The van der Waals surface area contributed by atoms with Crippen LogP contribution < -0.4 is 16.4 Å². The molecule has 19 heavy (non-hydrogen) atoms. The van der Waals surface area contributed by atoms with Crippen LogP contribution in [0.3, 0.4) is 0 Å². The lowest BCUT2D eigenvalue weighted by atomic mass is 10.2. The van der Waals surface area contributed by atoms with Gasteiger partial charge in [-0.1, -0.05) is 17.7 Å². The maximum Gasteiger partial charge on any atom is 0.323 e. The Morgan fingerprint density at radius 2 is 1.79 bits per heavy atom. The zero-order chi connectivity index (χ0) is 13.8. The van der Waals surface area contributed by atoms with Crippen molar-refractivity contribution in [2.45, 2.75) is 0 Å². The van der Waals surface area contributed by atoms with E-state index in [1.165, 1.54) is 18.2 Å². The lowest BCUT2D eigenvalue weighted by Crippen LogP contribution is -2.20. The van der Waals surface area contributed by atoms with Crippen LogP contribution in [0.1, 0.15) is 0 Å². The highest BCUT2D eigenvalue weighted by molar-refractivity contribution is 6.30. The van der Waals surface area contributed by atoms with E-state index in [1.54, 1.807) is 24.3 Å². The van der Waals surface area contributed by atoms with Gasteiger partial charge in [0.05, 0.1) is 5.69 Å². The second-order valence-corrected chi connectivity index (χ2v) is 4.23. The van der Waals surface area contributed by atoms with Gasteiger partial charge in [-0.2, -0.15) is 0 Å². The van der Waals surface area contributed by atoms with Gasteiger partial charge >= 0.3 is 6.03 Å². The van der Waals surface area contributed by atoms with Crippen LogP contribution in [0.2, 0.25) is 5.02 Å². The van der Waals surface area contributed by atoms with E-state index in [0.29, 0.717) is 10.7 Å². The number of para-hydroxylation sites is 1. The normalized spacial score (nSPS) is 10.0. The van der Waals surface area contributed by atoms with Crippen molar-refractivity contribution in [2.24, 2.45) is 0 Å². The molecular weight excluding hydrogens is 269 g/mol. The molecule has 0 unspecified atom stereocenters. The molecule has 0 saturated carbocycles. The Morgan fingerprint density at radius 1 is 1.11 bits per heavy atom. The largest absolute Gasteiger partial charge is 0.397 e. The smallest absolute Gasteiger partial charge is 0.323 e. The quantitative estimate of drug-likeness (QED) is 0.734. The minimum atomic E-state index is -0.591. The SMILES string of the molecule is Nc1cccc(F)c1NC(=O)Nc1ccc(Cl)cc1. The molecule has 2 amide bonds. The Hall–Kier alpha value is -2.27. The molecule has 0 bridgehead atoms. The predicted octanol–water partition coefficient (Wildman–Crippen LogP) is 3.71. The molecule has 6 heteroatoms. The molecule has 2 aromatic carbocycles. The molecule has 98 valence electrons. The molecule has 4 nitrogen and oxygen atoms in total. The molecule has 0 fully saturated rings. The number of carbonyl (C=O) groups excluding carboxylic acids is 1. The number of nitrogens with two attached hydrogens (primary N) is 1. The first-order valence-corrected chi connectivity index (χ1v) is 5.81. The standard InChI is InChI=1S/C13H11ClFN3O/c14-8-4-6-9(7-5-8)17-13(19)18-12-10(15)2-1-3-11(12)16/h1-7H,16H2,(H2,17,18,19). The maximum atomic E-state index is 13.5. The lowest BCUT2D eigenvalue weighted by molar-refractivity contribution is 0.262. The number of hydrogen-bond donors (Lipinski definition) is 3. The summed E-state index contributed by atoms with van der Waals surface area (Å²) in [4.78, 5) is 11.7. The fourth-order valence-electron chi connectivity index (χ4n) is 1.48. The monoisotopic (exact) mass is 279 g/mol. The number of amides is 2. The third kappa shape index (κ3) is 3.35. The second kappa shape index (κ2) is 5.58. The highest BCUT2D eigenvalue weighted by Crippen LogP contribution is 2.22. The number of hydrogen-bond acceptors (Lipinski definition) is 2. The van der Waals surface area contributed by atoms with Gasteiger partial charge in [0, 0.05) is 10.7 Å². The zero-order valence-electron chi connectivity index (χ0n) is 9.78. The van der Waals surface area contributed by atoms with E-state index in [4.69, 9.17) is 17.3 Å². The molecule has 0 aromatic heterocycles. The third-order valence-electron chi connectivity index (χ3n) is 2.39. The van der Waals surface area contributed by atoms with Crippen molar-refractivity contribution in [3.8, 4) is 0 Å². The first-order chi connectivity index (χ1) is 9.06. The summed E-state index contributed by atoms with van der Waals surface area (Å²) in [5.74, 6) is -0.591. The van der Waals surface area contributed by atoms with E-state index in [9.17, 15) is 9.18 Å². The van der Waals surface area contributed by atoms with Crippen LogP contribution in [-0.2, 0) is 0 Å². The number of rotatable bonds is 2. The zero-order valence-corrected chi connectivity index (χ0v) is 10.5. The summed E-state index contributed by atoms with van der Waals surface area (Å²) >= 11 is 5.73. The first kappa shape index (κ1) is 13.2. The minimum Gasteiger partial charge on any atom is -0.397 e. The number of urea groups is 1. The van der Waals surface area contributed by atoms with E-state index < -0.39 is 11.8 Å². The fourth-order valence-corrected chi connectivity index (χ4v) is 1.61. The minimum absolute atomic E-state index is 0.0473. The van der Waals surface area contributed by atoms with Gasteiger partial charge < -0.3 is 16.4 Å². The van der Waals surface area contributed by atoms with E-state index in [-0.39, 0.29) is 11.4 Å². The van der Waals surface area contributed by atoms with Crippen LogP contribution in [0.5, 0.6) is 0 Å². The van der Waals surface area contributed by atoms with Crippen molar-refractivity contribution in [3.63, 3.8) is 0 Å². The highest BCUT2D eigenvalue weighted by atomic mass is 35.5. The molecule has 0 heterocycles. The van der Waals surface area contributed by atoms with Crippen LogP contribution in [0.4, 0.5) is 26.2 Å². The molecule has 2 aromatic rings. The van der Waals surface area contributed by atoms with Crippen LogP contribution in [0, 0.1) is 5.82 Å². The summed E-state index contributed by atoms with van der Waals surface area (Å²) in [5, 5.41) is 5.46. The molecular formula is C13H11ClFN3O. The van der Waals surface area contributed by atoms with Crippen LogP contribution in [-0.4, -0.2) is 6.03 Å². The number of nitrogen functional groups attached to an aromatic ring is 1. The van der Waals surface area contributed by atoms with Crippen molar-refractivity contribution in [1.29, 1.82) is 0 Å². The Labute approximate surface area is 114 Å². The highest BCUT2D eigenvalue weighted by Gasteiger charge is 2.09. The second-order valence-electron chi connectivity index (χ2n) is 3.79. The van der Waals surface area contributed by atoms with Crippen LogP contribution >= 0.6 is 11.6 Å². The first-order valence-electron chi connectivity index (χ1n) is 5.44. The number of anilines is 3. The van der Waals surface area contributed by atoms with E-state index in [0.717, 1.165) is 0 Å². The summed E-state index contributed by atoms with van der Waals surface area (Å²) in [6.45, 7) is 0. The van der Waals surface area contributed by atoms with Crippen LogP contribution in [0.25, 0.3) is 0 Å². The summed E-state index contributed by atoms with van der Waals surface area (Å²) in [7, 11) is 0. The average Bonchev–Trinajstić information content (AvgIpc) is 2.37. The van der Waals surface area contributed by atoms with E-state index >= 15 is 0 Å². The summed E-state index contributed by atoms with van der Waals surface area (Å²) in [6, 6.07) is 10.1. The molecule has 4 N–H and O–H groups in total. The van der Waals surface area contributed by atoms with Gasteiger partial charge in [-0.15, -0.1) is 0 Å². The van der Waals surface area contributed by atoms with Gasteiger partial charge in [0.25, 0.3) is 0 Å². The van der Waals surface area contributed by atoms with Crippen molar-refractivity contribution in [3.05, 3.63) is 53.3 Å². The molecule has 0 aliphatic heterocycles. The number of carbonyl (C=O) groups is 1. The maximum absolute atomic E-state index is 13.5. The molecule has 0 atom stereocenters. The molecule has 0 spiro atoms. The number of nitrogens with one attached hydrogen (secondary N) is 2. The van der Waals surface area contributed by atoms with Gasteiger partial charge in [-0.25, -0.2) is 9.18 Å². The van der Waals surface area contributed by atoms with Gasteiger partial charge in [-0.05, 0) is 36.4 Å². The number of halogens is 2. The summed E-state index contributed by atoms with van der Waals surface area (Å²) in [6.07, 6.45) is 0. The molecule has 0 radical (unpaired) electrons. The Balaban J connectivity index is 2.07. The van der Waals surface area contributed by atoms with Crippen LogP contribution in [0.15, 0.2) is 42.5 Å². The lowest BCUT2D eigenvalue weighted by Gasteiger charge is -2.10. The van der Waals surface area contributed by atoms with Gasteiger partial charge in [0.2, 0.25) is 0 Å². The number of benzene rings is 2. The Kier molecular flexibility index (Phi) is 3.87. The van der Waals surface area contributed by atoms with Crippen molar-refractivity contribution in [2.75, 3.05) is 16.4 Å². The van der Waals surface area contributed by atoms with Gasteiger partial charge in [0.1, 0.15) is 11.5 Å². The topological polar surface area (TPSA) is 67.1 Å². The summed E-state index contributed by atoms with van der Waals surface area (Å²) in [5.41, 5.74) is 6.23. The van der Waals surface area contributed by atoms with E-state index in [1.807, 2.05) is 0 Å². The summed E-state index contributed by atoms with van der Waals surface area (Å²) < 4.78 is 13.5. The van der Waals surface area contributed by atoms with Crippen molar-refractivity contribution >= 4 is 34.7 Å². The molecule has 0 aliphatic carbocycles. The average molecular weight is 280 g/mol. The predicted molar refractivity (Wildman–Crippen MR) is 74.9 cm³/mol. The molecule has 0 aliphatic rings. The Morgan fingerprint density at radius 3 is 2.42 bits per heavy atom. The van der Waals surface area contributed by atoms with Crippen molar-refractivity contribution in [1.82, 2.24) is 0 Å². The van der Waals surface area contributed by atoms with Gasteiger partial charge in [0.15, 0.2) is 0 Å². The molecule has 0 saturated heterocycles. The Bertz CT molecular complexity index is 581. The third-order valence-corrected chi connectivity index (χ3v) is 2.64. The molecule has 2 rings (SSSR count). The van der Waals surface area contributed by atoms with E-state index in [2.05, 4.69) is 10.6 Å². The fraction of sp³-hybridized carbons (Fsp3) is 0. The van der Waals surface area contributed by atoms with Gasteiger partial charge in [-0.3, -0.25) is 0 Å².